The summed E-state index contributed by atoms with van der Waals surface area (Å²) in [6.07, 6.45) is 6.08. The highest BCUT2D eigenvalue weighted by molar-refractivity contribution is 5.79. The fraction of sp³-hybridized carbons (Fsp3) is 0.222. The second kappa shape index (κ2) is 2.85. The Labute approximate surface area is 70.5 Å². The summed E-state index contributed by atoms with van der Waals surface area (Å²) in [5.41, 5.74) is 2.03. The Kier molecular flexibility index (Phi) is 1.70. The summed E-state index contributed by atoms with van der Waals surface area (Å²) < 4.78 is 0. The van der Waals surface area contributed by atoms with Crippen LogP contribution in [0.4, 0.5) is 0 Å². The standard InChI is InChI=1S/C9H9N3/c1-2-8-7-5-10-4-3-9(7)12-6-11-8/h3-6H,2H2,1H3. The van der Waals surface area contributed by atoms with E-state index in [1.807, 2.05) is 12.3 Å². The molecule has 0 aliphatic heterocycles. The van der Waals surface area contributed by atoms with Gasteiger partial charge in [-0.2, -0.15) is 0 Å². The summed E-state index contributed by atoms with van der Waals surface area (Å²) in [7, 11) is 0. The Bertz CT molecular complexity index is 392. The number of rotatable bonds is 1. The zero-order chi connectivity index (χ0) is 8.39. The van der Waals surface area contributed by atoms with Crippen molar-refractivity contribution in [3.05, 3.63) is 30.5 Å². The molecular formula is C9H9N3. The highest BCUT2D eigenvalue weighted by atomic mass is 14.8. The molecule has 0 aliphatic rings. The lowest BCUT2D eigenvalue weighted by Gasteiger charge is -1.99. The molecule has 0 radical (unpaired) electrons. The lowest BCUT2D eigenvalue weighted by molar-refractivity contribution is 1.03. The molecule has 0 atom stereocenters. The van der Waals surface area contributed by atoms with E-state index in [1.165, 1.54) is 0 Å². The zero-order valence-electron chi connectivity index (χ0n) is 6.86. The van der Waals surface area contributed by atoms with Crippen molar-refractivity contribution in [2.24, 2.45) is 0 Å². The molecule has 2 rings (SSSR count). The van der Waals surface area contributed by atoms with Gasteiger partial charge in [-0.25, -0.2) is 9.97 Å². The van der Waals surface area contributed by atoms with Crippen molar-refractivity contribution in [1.29, 1.82) is 0 Å². The number of aromatic nitrogens is 3. The third-order valence-electron chi connectivity index (χ3n) is 1.85. The molecule has 0 spiro atoms. The number of hydrogen-bond donors (Lipinski definition) is 0. The molecule has 60 valence electrons. The van der Waals surface area contributed by atoms with E-state index < -0.39 is 0 Å². The van der Waals surface area contributed by atoms with Crippen LogP contribution in [0.2, 0.25) is 0 Å². The second-order valence-electron chi connectivity index (χ2n) is 2.57. The second-order valence-corrected chi connectivity index (χ2v) is 2.57. The largest absolute Gasteiger partial charge is 0.264 e. The van der Waals surface area contributed by atoms with Crippen LogP contribution in [0.5, 0.6) is 0 Å². The zero-order valence-corrected chi connectivity index (χ0v) is 6.86. The van der Waals surface area contributed by atoms with Gasteiger partial charge >= 0.3 is 0 Å². The molecule has 0 bridgehead atoms. The molecule has 12 heavy (non-hydrogen) atoms. The Morgan fingerprint density at radius 3 is 3.08 bits per heavy atom. The molecule has 0 N–H and O–H groups in total. The maximum atomic E-state index is 4.17. The van der Waals surface area contributed by atoms with Gasteiger partial charge in [0.05, 0.1) is 11.2 Å². The smallest absolute Gasteiger partial charge is 0.116 e. The van der Waals surface area contributed by atoms with Crippen molar-refractivity contribution in [1.82, 2.24) is 15.0 Å². The molecule has 3 nitrogen and oxygen atoms in total. The van der Waals surface area contributed by atoms with Crippen LogP contribution in [0.3, 0.4) is 0 Å². The molecule has 2 aromatic rings. The lowest BCUT2D eigenvalue weighted by atomic mass is 10.2. The van der Waals surface area contributed by atoms with Crippen molar-refractivity contribution in [2.75, 3.05) is 0 Å². The summed E-state index contributed by atoms with van der Waals surface area (Å²) in [6, 6.07) is 1.90. The number of nitrogens with zero attached hydrogens (tertiary/aromatic N) is 3. The Morgan fingerprint density at radius 2 is 2.25 bits per heavy atom. The SMILES string of the molecule is CCc1ncnc2ccncc12. The van der Waals surface area contributed by atoms with Gasteiger partial charge in [0.1, 0.15) is 6.33 Å². The van der Waals surface area contributed by atoms with Crippen LogP contribution in [0.15, 0.2) is 24.8 Å². The predicted octanol–water partition coefficient (Wildman–Crippen LogP) is 1.59. The number of fused-ring (bicyclic) bond motifs is 1. The summed E-state index contributed by atoms with van der Waals surface area (Å²) in [4.78, 5) is 12.4. The fourth-order valence-corrected chi connectivity index (χ4v) is 1.23. The van der Waals surface area contributed by atoms with Crippen LogP contribution in [0.25, 0.3) is 10.9 Å². The average molecular weight is 159 g/mol. The molecule has 2 heterocycles. The third-order valence-corrected chi connectivity index (χ3v) is 1.85. The van der Waals surface area contributed by atoms with E-state index in [0.29, 0.717) is 0 Å². The predicted molar refractivity (Wildman–Crippen MR) is 46.7 cm³/mol. The van der Waals surface area contributed by atoms with E-state index in [-0.39, 0.29) is 0 Å². The summed E-state index contributed by atoms with van der Waals surface area (Å²) in [5.74, 6) is 0. The monoisotopic (exact) mass is 159 g/mol. The fourth-order valence-electron chi connectivity index (χ4n) is 1.23. The van der Waals surface area contributed by atoms with Crippen LogP contribution in [0.1, 0.15) is 12.6 Å². The molecule has 3 heteroatoms. The van der Waals surface area contributed by atoms with E-state index in [2.05, 4.69) is 21.9 Å². The van der Waals surface area contributed by atoms with E-state index in [1.54, 1.807) is 12.5 Å². The average Bonchev–Trinajstić information content (AvgIpc) is 2.17. The Balaban J connectivity index is 2.79. The van der Waals surface area contributed by atoms with Crippen molar-refractivity contribution in [3.63, 3.8) is 0 Å². The van der Waals surface area contributed by atoms with Crippen LogP contribution >= 0.6 is 0 Å². The summed E-state index contributed by atoms with van der Waals surface area (Å²) >= 11 is 0. The first-order chi connectivity index (χ1) is 5.92. The van der Waals surface area contributed by atoms with Gasteiger partial charge in [0, 0.05) is 17.8 Å². The van der Waals surface area contributed by atoms with E-state index in [4.69, 9.17) is 0 Å². The number of aryl methyl sites for hydroxylation is 1. The van der Waals surface area contributed by atoms with Crippen LogP contribution in [-0.2, 0) is 6.42 Å². The van der Waals surface area contributed by atoms with E-state index >= 15 is 0 Å². The highest BCUT2D eigenvalue weighted by Crippen LogP contribution is 2.12. The Morgan fingerprint density at radius 1 is 1.33 bits per heavy atom. The first-order valence-electron chi connectivity index (χ1n) is 3.95. The quantitative estimate of drug-likeness (QED) is 0.634. The molecular weight excluding hydrogens is 150 g/mol. The van der Waals surface area contributed by atoms with Gasteiger partial charge in [-0.1, -0.05) is 6.92 Å². The van der Waals surface area contributed by atoms with Crippen molar-refractivity contribution in [3.8, 4) is 0 Å². The van der Waals surface area contributed by atoms with Crippen LogP contribution < -0.4 is 0 Å². The summed E-state index contributed by atoms with van der Waals surface area (Å²) in [6.45, 7) is 2.08. The van der Waals surface area contributed by atoms with Gasteiger partial charge in [0.25, 0.3) is 0 Å². The van der Waals surface area contributed by atoms with E-state index in [9.17, 15) is 0 Å². The molecule has 0 saturated carbocycles. The normalized spacial score (nSPS) is 10.4. The molecule has 0 fully saturated rings. The van der Waals surface area contributed by atoms with Gasteiger partial charge in [0.2, 0.25) is 0 Å². The lowest BCUT2D eigenvalue weighted by Crippen LogP contribution is -1.91. The molecule has 0 aliphatic carbocycles. The number of hydrogen-bond acceptors (Lipinski definition) is 3. The minimum atomic E-state index is 0.921. The molecule has 0 saturated heterocycles. The van der Waals surface area contributed by atoms with Crippen molar-refractivity contribution >= 4 is 10.9 Å². The van der Waals surface area contributed by atoms with E-state index in [0.717, 1.165) is 23.0 Å². The molecule has 0 unspecified atom stereocenters. The van der Waals surface area contributed by atoms with Gasteiger partial charge in [-0.15, -0.1) is 0 Å². The first kappa shape index (κ1) is 7.16. The Hall–Kier alpha value is -1.51. The van der Waals surface area contributed by atoms with Crippen LogP contribution in [0, 0.1) is 0 Å². The maximum absolute atomic E-state index is 4.17. The maximum Gasteiger partial charge on any atom is 0.116 e. The first-order valence-corrected chi connectivity index (χ1v) is 3.95. The third kappa shape index (κ3) is 1.03. The molecule has 0 amide bonds. The van der Waals surface area contributed by atoms with Crippen LogP contribution in [-0.4, -0.2) is 15.0 Å². The van der Waals surface area contributed by atoms with Gasteiger partial charge in [0.15, 0.2) is 0 Å². The topological polar surface area (TPSA) is 38.7 Å². The summed E-state index contributed by atoms with van der Waals surface area (Å²) in [5, 5.41) is 1.06. The minimum absolute atomic E-state index is 0.921. The molecule has 0 aromatic carbocycles. The van der Waals surface area contributed by atoms with Gasteiger partial charge < -0.3 is 0 Å². The van der Waals surface area contributed by atoms with Crippen molar-refractivity contribution in [2.45, 2.75) is 13.3 Å². The van der Waals surface area contributed by atoms with Gasteiger partial charge in [-0.3, -0.25) is 4.98 Å². The number of pyridine rings is 1. The molecule has 2 aromatic heterocycles. The van der Waals surface area contributed by atoms with Gasteiger partial charge in [-0.05, 0) is 12.5 Å². The van der Waals surface area contributed by atoms with Crippen molar-refractivity contribution < 1.29 is 0 Å². The highest BCUT2D eigenvalue weighted by Gasteiger charge is 1.99. The minimum Gasteiger partial charge on any atom is -0.264 e.